The summed E-state index contributed by atoms with van der Waals surface area (Å²) in [5.41, 5.74) is -1.70. The van der Waals surface area contributed by atoms with E-state index in [1.54, 1.807) is 18.2 Å². The lowest BCUT2D eigenvalue weighted by atomic mass is 9.90. The second kappa shape index (κ2) is 10.1. The number of β-amino-alcohol motifs (C(OH)–C–C–N with tert-alkyl or cyclic N) is 2. The molecule has 2 aromatic carbocycles. The molecule has 1 atom stereocenters. The molecule has 2 aromatic rings. The SMILES string of the molecule is OC1(CN2CCOC[C@@](O)(COc3ccc(F)c(Cl)c3)C2)CCN(c2ccccc2F)CC1. The van der Waals surface area contributed by atoms with Gasteiger partial charge in [0, 0.05) is 38.8 Å². The Labute approximate surface area is 197 Å². The van der Waals surface area contributed by atoms with Crippen LogP contribution in [0.3, 0.4) is 0 Å². The predicted molar refractivity (Wildman–Crippen MR) is 122 cm³/mol. The molecule has 2 saturated heterocycles. The van der Waals surface area contributed by atoms with Gasteiger partial charge in [-0.1, -0.05) is 23.7 Å². The summed E-state index contributed by atoms with van der Waals surface area (Å²) in [5.74, 6) is -0.453. The molecule has 0 aromatic heterocycles. The van der Waals surface area contributed by atoms with Crippen LogP contribution in [-0.2, 0) is 4.74 Å². The second-order valence-corrected chi connectivity index (χ2v) is 9.42. The van der Waals surface area contributed by atoms with E-state index in [9.17, 15) is 19.0 Å². The number of rotatable bonds is 6. The number of piperidine rings is 1. The van der Waals surface area contributed by atoms with Gasteiger partial charge in [-0.3, -0.25) is 4.90 Å². The summed E-state index contributed by atoms with van der Waals surface area (Å²) >= 11 is 5.80. The van der Waals surface area contributed by atoms with Crippen molar-refractivity contribution < 1.29 is 28.5 Å². The second-order valence-electron chi connectivity index (χ2n) is 9.01. The first-order valence-corrected chi connectivity index (χ1v) is 11.5. The van der Waals surface area contributed by atoms with Gasteiger partial charge in [0.2, 0.25) is 0 Å². The fourth-order valence-corrected chi connectivity index (χ4v) is 4.62. The predicted octanol–water partition coefficient (Wildman–Crippen LogP) is 3.09. The molecule has 0 unspecified atom stereocenters. The summed E-state index contributed by atoms with van der Waals surface area (Å²) in [6.45, 7) is 2.70. The molecular weight excluding hydrogens is 454 g/mol. The lowest BCUT2D eigenvalue weighted by Gasteiger charge is -2.42. The number of benzene rings is 2. The number of para-hydroxylation sites is 1. The van der Waals surface area contributed by atoms with Crippen molar-refractivity contribution in [1.82, 2.24) is 4.90 Å². The van der Waals surface area contributed by atoms with Crippen LogP contribution in [0.4, 0.5) is 14.5 Å². The zero-order valence-electron chi connectivity index (χ0n) is 18.4. The molecule has 6 nitrogen and oxygen atoms in total. The van der Waals surface area contributed by atoms with Crippen LogP contribution in [-0.4, -0.2) is 78.9 Å². The highest BCUT2D eigenvalue weighted by atomic mass is 35.5. The Morgan fingerprint density at radius 2 is 1.76 bits per heavy atom. The number of hydrogen-bond donors (Lipinski definition) is 2. The maximum atomic E-state index is 14.1. The third kappa shape index (κ3) is 6.13. The average Bonchev–Trinajstić information content (AvgIpc) is 2.97. The Morgan fingerprint density at radius 3 is 2.48 bits per heavy atom. The minimum atomic E-state index is -1.30. The molecule has 0 amide bonds. The van der Waals surface area contributed by atoms with Crippen molar-refractivity contribution in [3.8, 4) is 5.75 Å². The van der Waals surface area contributed by atoms with Crippen molar-refractivity contribution >= 4 is 17.3 Å². The summed E-state index contributed by atoms with van der Waals surface area (Å²) in [4.78, 5) is 3.93. The van der Waals surface area contributed by atoms with E-state index >= 15 is 0 Å². The molecule has 2 aliphatic rings. The number of hydrogen-bond acceptors (Lipinski definition) is 6. The first kappa shape index (κ1) is 24.2. The van der Waals surface area contributed by atoms with Gasteiger partial charge in [-0.05, 0) is 37.1 Å². The monoisotopic (exact) mass is 482 g/mol. The van der Waals surface area contributed by atoms with Gasteiger partial charge < -0.3 is 24.6 Å². The van der Waals surface area contributed by atoms with Crippen LogP contribution >= 0.6 is 11.6 Å². The van der Waals surface area contributed by atoms with E-state index in [1.807, 2.05) is 9.80 Å². The van der Waals surface area contributed by atoms with Crippen LogP contribution in [0.15, 0.2) is 42.5 Å². The van der Waals surface area contributed by atoms with E-state index < -0.39 is 17.0 Å². The van der Waals surface area contributed by atoms with Crippen molar-refractivity contribution in [3.05, 3.63) is 59.1 Å². The van der Waals surface area contributed by atoms with Crippen molar-refractivity contribution in [2.24, 2.45) is 0 Å². The summed E-state index contributed by atoms with van der Waals surface area (Å²) in [5, 5.41) is 22.3. The largest absolute Gasteiger partial charge is 0.490 e. The van der Waals surface area contributed by atoms with E-state index in [-0.39, 0.29) is 30.6 Å². The Morgan fingerprint density at radius 1 is 1.00 bits per heavy atom. The molecular formula is C24H29ClF2N2O4. The van der Waals surface area contributed by atoms with Crippen LogP contribution < -0.4 is 9.64 Å². The molecule has 33 heavy (non-hydrogen) atoms. The van der Waals surface area contributed by atoms with Crippen LogP contribution in [0, 0.1) is 11.6 Å². The summed E-state index contributed by atoms with van der Waals surface area (Å²) < 4.78 is 38.7. The molecule has 0 bridgehead atoms. The third-order valence-electron chi connectivity index (χ3n) is 6.24. The highest BCUT2D eigenvalue weighted by Gasteiger charge is 2.39. The molecule has 0 spiro atoms. The maximum absolute atomic E-state index is 14.1. The van der Waals surface area contributed by atoms with Gasteiger partial charge >= 0.3 is 0 Å². The van der Waals surface area contributed by atoms with Gasteiger partial charge in [0.25, 0.3) is 0 Å². The van der Waals surface area contributed by atoms with E-state index in [2.05, 4.69) is 0 Å². The first-order chi connectivity index (χ1) is 15.8. The zero-order valence-corrected chi connectivity index (χ0v) is 19.1. The molecule has 2 heterocycles. The average molecular weight is 483 g/mol. The van der Waals surface area contributed by atoms with E-state index in [4.69, 9.17) is 21.1 Å². The highest BCUT2D eigenvalue weighted by molar-refractivity contribution is 6.30. The normalized spacial score (nSPS) is 23.8. The molecule has 2 aliphatic heterocycles. The van der Waals surface area contributed by atoms with Gasteiger partial charge in [0.05, 0.1) is 29.5 Å². The van der Waals surface area contributed by atoms with Gasteiger partial charge in [0.15, 0.2) is 0 Å². The summed E-state index contributed by atoms with van der Waals surface area (Å²) in [7, 11) is 0. The first-order valence-electron chi connectivity index (χ1n) is 11.1. The quantitative estimate of drug-likeness (QED) is 0.659. The number of nitrogens with zero attached hydrogens (tertiary/aromatic N) is 2. The van der Waals surface area contributed by atoms with E-state index in [0.717, 1.165) is 0 Å². The van der Waals surface area contributed by atoms with Gasteiger partial charge in [-0.25, -0.2) is 8.78 Å². The molecule has 4 rings (SSSR count). The molecule has 0 saturated carbocycles. The van der Waals surface area contributed by atoms with Crippen molar-refractivity contribution in [1.29, 1.82) is 0 Å². The van der Waals surface area contributed by atoms with E-state index in [1.165, 1.54) is 24.3 Å². The minimum absolute atomic E-state index is 0.0535. The molecule has 0 aliphatic carbocycles. The molecule has 180 valence electrons. The van der Waals surface area contributed by atoms with Crippen molar-refractivity contribution in [3.63, 3.8) is 0 Å². The maximum Gasteiger partial charge on any atom is 0.146 e. The highest BCUT2D eigenvalue weighted by Crippen LogP contribution is 2.30. The topological polar surface area (TPSA) is 65.4 Å². The van der Waals surface area contributed by atoms with Gasteiger partial charge in [-0.2, -0.15) is 0 Å². The lowest BCUT2D eigenvalue weighted by Crippen LogP contribution is -2.55. The minimum Gasteiger partial charge on any atom is -0.490 e. The number of anilines is 1. The van der Waals surface area contributed by atoms with Crippen LogP contribution in [0.2, 0.25) is 5.02 Å². The molecule has 9 heteroatoms. The fraction of sp³-hybridized carbons (Fsp3) is 0.500. The van der Waals surface area contributed by atoms with Gasteiger partial charge in [-0.15, -0.1) is 0 Å². The Hall–Kier alpha value is -1.97. The zero-order chi connectivity index (χ0) is 23.5. The van der Waals surface area contributed by atoms with Crippen LogP contribution in [0.25, 0.3) is 0 Å². The lowest BCUT2D eigenvalue weighted by molar-refractivity contribution is -0.0742. The summed E-state index contributed by atoms with van der Waals surface area (Å²) in [6.07, 6.45) is 0.976. The molecule has 2 N–H and O–H groups in total. The Balaban J connectivity index is 1.34. The van der Waals surface area contributed by atoms with Crippen molar-refractivity contribution in [2.75, 3.05) is 57.4 Å². The summed E-state index contributed by atoms with van der Waals surface area (Å²) in [6, 6.07) is 10.7. The fourth-order valence-electron chi connectivity index (χ4n) is 4.45. The Kier molecular flexibility index (Phi) is 7.40. The van der Waals surface area contributed by atoms with Crippen molar-refractivity contribution in [2.45, 2.75) is 24.0 Å². The standard InChI is InChI=1S/C24H29ClF2N2O4/c25-19-13-18(5-6-20(19)26)33-17-24(31)15-28(11-12-32-16-24)14-23(30)7-9-29(10-8-23)22-4-2-1-3-21(22)27/h1-6,13,30-31H,7-12,14-17H2/t24-/m1/s1. The smallest absolute Gasteiger partial charge is 0.146 e. The van der Waals surface area contributed by atoms with Gasteiger partial charge in [0.1, 0.15) is 29.6 Å². The van der Waals surface area contributed by atoms with Crippen LogP contribution in [0.1, 0.15) is 12.8 Å². The Bertz CT molecular complexity index is 958. The number of halogens is 3. The molecule has 0 radical (unpaired) electrons. The number of ether oxygens (including phenoxy) is 2. The number of aliphatic hydroxyl groups is 2. The third-order valence-corrected chi connectivity index (χ3v) is 6.53. The van der Waals surface area contributed by atoms with Crippen LogP contribution in [0.5, 0.6) is 5.75 Å². The van der Waals surface area contributed by atoms with E-state index in [0.29, 0.717) is 57.1 Å². The molecule has 2 fully saturated rings.